The van der Waals surface area contributed by atoms with Crippen LogP contribution in [0.5, 0.6) is 5.75 Å². The maximum Gasteiger partial charge on any atom is 0.130 e. The van der Waals surface area contributed by atoms with Crippen molar-refractivity contribution in [1.29, 1.82) is 0 Å². The summed E-state index contributed by atoms with van der Waals surface area (Å²) in [5.74, 6) is 0.332. The molecule has 92 valence electrons. The summed E-state index contributed by atoms with van der Waals surface area (Å²) in [7, 11) is 0. The number of aliphatic hydroxyl groups excluding tert-OH is 1. The molecule has 2 aromatic carbocycles. The first-order valence-corrected chi connectivity index (χ1v) is 5.94. The molecule has 0 spiro atoms. The van der Waals surface area contributed by atoms with Crippen LogP contribution in [0.15, 0.2) is 48.5 Å². The Bertz CT molecular complexity index is 568. The summed E-state index contributed by atoms with van der Waals surface area (Å²) >= 11 is 0. The van der Waals surface area contributed by atoms with Crippen molar-refractivity contribution in [2.24, 2.45) is 0 Å². The molecule has 18 heavy (non-hydrogen) atoms. The second kappa shape index (κ2) is 4.42. The molecule has 1 aliphatic rings. The highest BCUT2D eigenvalue weighted by molar-refractivity contribution is 5.38. The maximum atomic E-state index is 13.7. The Hall–Kier alpha value is -1.87. The van der Waals surface area contributed by atoms with Crippen molar-refractivity contribution >= 4 is 0 Å². The summed E-state index contributed by atoms with van der Waals surface area (Å²) in [6.45, 7) is 0. The monoisotopic (exact) mass is 244 g/mol. The highest BCUT2D eigenvalue weighted by Crippen LogP contribution is 2.40. The molecular weight excluding hydrogens is 231 g/mol. The first-order chi connectivity index (χ1) is 8.75. The molecular formula is C15H13FO2. The molecule has 2 nitrogen and oxygen atoms in total. The van der Waals surface area contributed by atoms with Gasteiger partial charge in [0.1, 0.15) is 17.7 Å². The Labute approximate surface area is 105 Å². The van der Waals surface area contributed by atoms with Crippen LogP contribution in [0.25, 0.3) is 0 Å². The van der Waals surface area contributed by atoms with Crippen LogP contribution >= 0.6 is 0 Å². The number of para-hydroxylation sites is 1. The zero-order valence-electron chi connectivity index (χ0n) is 9.71. The van der Waals surface area contributed by atoms with Gasteiger partial charge in [-0.3, -0.25) is 0 Å². The van der Waals surface area contributed by atoms with Crippen LogP contribution in [-0.4, -0.2) is 5.11 Å². The van der Waals surface area contributed by atoms with E-state index >= 15 is 0 Å². The van der Waals surface area contributed by atoms with E-state index in [4.69, 9.17) is 4.74 Å². The number of rotatable bonds is 1. The van der Waals surface area contributed by atoms with E-state index in [2.05, 4.69) is 0 Å². The average Bonchev–Trinajstić information content (AvgIpc) is 2.39. The van der Waals surface area contributed by atoms with Crippen molar-refractivity contribution in [1.82, 2.24) is 0 Å². The minimum absolute atomic E-state index is 0.297. The van der Waals surface area contributed by atoms with Crippen LogP contribution in [0.2, 0.25) is 0 Å². The van der Waals surface area contributed by atoms with E-state index in [1.807, 2.05) is 18.2 Å². The zero-order valence-corrected chi connectivity index (χ0v) is 9.71. The molecule has 3 heteroatoms. The molecule has 2 atom stereocenters. The molecule has 0 saturated carbocycles. The molecule has 0 radical (unpaired) electrons. The van der Waals surface area contributed by atoms with Crippen LogP contribution in [-0.2, 0) is 0 Å². The van der Waals surface area contributed by atoms with E-state index in [0.29, 0.717) is 17.7 Å². The van der Waals surface area contributed by atoms with Crippen molar-refractivity contribution in [3.63, 3.8) is 0 Å². The number of hydrogen-bond acceptors (Lipinski definition) is 2. The Kier molecular flexibility index (Phi) is 2.76. The summed E-state index contributed by atoms with van der Waals surface area (Å²) in [4.78, 5) is 0. The third kappa shape index (κ3) is 1.87. The van der Waals surface area contributed by atoms with Crippen molar-refractivity contribution in [2.45, 2.75) is 18.6 Å². The number of hydrogen-bond donors (Lipinski definition) is 1. The van der Waals surface area contributed by atoms with Gasteiger partial charge in [0.2, 0.25) is 0 Å². The molecule has 1 aliphatic heterocycles. The van der Waals surface area contributed by atoms with E-state index in [1.165, 1.54) is 6.07 Å². The van der Waals surface area contributed by atoms with Crippen LogP contribution in [0.4, 0.5) is 4.39 Å². The van der Waals surface area contributed by atoms with Crippen LogP contribution in [0, 0.1) is 5.82 Å². The van der Waals surface area contributed by atoms with Crippen molar-refractivity contribution < 1.29 is 14.2 Å². The summed E-state index contributed by atoms with van der Waals surface area (Å²) in [5.41, 5.74) is 1.26. The largest absolute Gasteiger partial charge is 0.485 e. The molecule has 2 aromatic rings. The van der Waals surface area contributed by atoms with E-state index in [9.17, 15) is 9.50 Å². The lowest BCUT2D eigenvalue weighted by atomic mass is 9.95. The number of halogens is 1. The summed E-state index contributed by atoms with van der Waals surface area (Å²) in [5, 5.41) is 10.1. The van der Waals surface area contributed by atoms with Gasteiger partial charge in [-0.25, -0.2) is 4.39 Å². The lowest BCUT2D eigenvalue weighted by molar-refractivity contribution is 0.0640. The third-order valence-electron chi connectivity index (χ3n) is 3.24. The Morgan fingerprint density at radius 3 is 2.44 bits per heavy atom. The van der Waals surface area contributed by atoms with Gasteiger partial charge in [-0.1, -0.05) is 36.4 Å². The fourth-order valence-electron chi connectivity index (χ4n) is 2.32. The highest BCUT2D eigenvalue weighted by atomic mass is 19.1. The van der Waals surface area contributed by atoms with Crippen LogP contribution < -0.4 is 4.74 Å². The molecule has 3 rings (SSSR count). The first-order valence-electron chi connectivity index (χ1n) is 5.94. The van der Waals surface area contributed by atoms with Gasteiger partial charge in [0, 0.05) is 17.5 Å². The predicted octanol–water partition coefficient (Wildman–Crippen LogP) is 3.38. The molecule has 0 fully saturated rings. The molecule has 1 unspecified atom stereocenters. The first kappa shape index (κ1) is 11.2. The number of ether oxygens (including phenoxy) is 1. The van der Waals surface area contributed by atoms with E-state index < -0.39 is 12.2 Å². The van der Waals surface area contributed by atoms with E-state index in [-0.39, 0.29) is 5.82 Å². The van der Waals surface area contributed by atoms with Crippen LogP contribution in [0.1, 0.15) is 29.8 Å². The summed E-state index contributed by atoms with van der Waals surface area (Å²) in [6, 6.07) is 13.8. The Balaban J connectivity index is 1.97. The van der Waals surface area contributed by atoms with Crippen molar-refractivity contribution in [2.75, 3.05) is 0 Å². The number of aliphatic hydroxyl groups is 1. The van der Waals surface area contributed by atoms with E-state index in [0.717, 1.165) is 5.56 Å². The smallest absolute Gasteiger partial charge is 0.130 e. The van der Waals surface area contributed by atoms with Gasteiger partial charge in [0.15, 0.2) is 0 Å². The molecule has 0 bridgehead atoms. The fraction of sp³-hybridized carbons (Fsp3) is 0.200. The number of benzene rings is 2. The predicted molar refractivity (Wildman–Crippen MR) is 65.8 cm³/mol. The SMILES string of the molecule is O[C@@H]1CC(c2ccccc2F)Oc2ccccc21. The molecule has 1 N–H and O–H groups in total. The lowest BCUT2D eigenvalue weighted by Crippen LogP contribution is -2.19. The molecule has 1 heterocycles. The molecule has 0 amide bonds. The van der Waals surface area contributed by atoms with E-state index in [1.54, 1.807) is 24.3 Å². The van der Waals surface area contributed by atoms with Crippen LogP contribution in [0.3, 0.4) is 0 Å². The zero-order chi connectivity index (χ0) is 12.5. The highest BCUT2D eigenvalue weighted by Gasteiger charge is 2.29. The normalized spacial score (nSPS) is 22.1. The fourth-order valence-corrected chi connectivity index (χ4v) is 2.32. The second-order valence-electron chi connectivity index (χ2n) is 4.42. The molecule has 0 aromatic heterocycles. The minimum atomic E-state index is -0.612. The van der Waals surface area contributed by atoms with Crippen molar-refractivity contribution in [3.05, 3.63) is 65.5 Å². The van der Waals surface area contributed by atoms with Gasteiger partial charge in [-0.15, -0.1) is 0 Å². The maximum absolute atomic E-state index is 13.7. The second-order valence-corrected chi connectivity index (χ2v) is 4.42. The quantitative estimate of drug-likeness (QED) is 0.833. The topological polar surface area (TPSA) is 29.5 Å². The van der Waals surface area contributed by atoms with Gasteiger partial charge < -0.3 is 9.84 Å². The molecule has 0 aliphatic carbocycles. The summed E-state index contributed by atoms with van der Waals surface area (Å²) in [6.07, 6.45) is -0.673. The van der Waals surface area contributed by atoms with Gasteiger partial charge in [0.05, 0.1) is 6.10 Å². The Morgan fingerprint density at radius 1 is 1.00 bits per heavy atom. The van der Waals surface area contributed by atoms with Gasteiger partial charge in [0.25, 0.3) is 0 Å². The van der Waals surface area contributed by atoms with Gasteiger partial charge >= 0.3 is 0 Å². The standard InChI is InChI=1S/C15H13FO2/c16-12-7-3-1-5-10(12)15-9-13(17)11-6-2-4-8-14(11)18-15/h1-8,13,15,17H,9H2/t13-,15?/m1/s1. The lowest BCUT2D eigenvalue weighted by Gasteiger charge is -2.29. The minimum Gasteiger partial charge on any atom is -0.485 e. The summed E-state index contributed by atoms with van der Waals surface area (Å²) < 4.78 is 19.5. The average molecular weight is 244 g/mol. The molecule has 0 saturated heterocycles. The van der Waals surface area contributed by atoms with Gasteiger partial charge in [-0.2, -0.15) is 0 Å². The van der Waals surface area contributed by atoms with Crippen molar-refractivity contribution in [3.8, 4) is 5.75 Å². The third-order valence-corrected chi connectivity index (χ3v) is 3.24. The Morgan fingerprint density at radius 2 is 1.67 bits per heavy atom. The van der Waals surface area contributed by atoms with Gasteiger partial charge in [-0.05, 0) is 12.1 Å². The number of fused-ring (bicyclic) bond motifs is 1.